The van der Waals surface area contributed by atoms with E-state index in [-0.39, 0.29) is 5.56 Å². The number of hydrogen-bond donors (Lipinski definition) is 2. The SMILES string of the molecule is Cc1cc(N)nc(C)c1CNc1ncnc2nn(Cc3ccc(Cn4cc(Cl)ccc4=O)cc3)cc12. The minimum Gasteiger partial charge on any atom is -0.384 e. The molecule has 0 atom stereocenters. The summed E-state index contributed by atoms with van der Waals surface area (Å²) < 4.78 is 3.44. The van der Waals surface area contributed by atoms with Crippen LogP contribution < -0.4 is 16.6 Å². The number of hydrogen-bond acceptors (Lipinski definition) is 7. The first-order valence-electron chi connectivity index (χ1n) is 11.4. The molecule has 0 aliphatic heterocycles. The fraction of sp³-hybridized carbons (Fsp3) is 0.192. The van der Waals surface area contributed by atoms with E-state index in [9.17, 15) is 4.79 Å². The third kappa shape index (κ3) is 5.06. The standard InChI is InChI=1S/C26H25ClN8O/c1-16-9-23(28)32-17(2)21(16)10-29-25-22-14-35(33-26(22)31-15-30-25)12-19-5-3-18(4-6-19)11-34-13-20(27)7-8-24(34)36/h3-9,13-15H,10-12H2,1-2H3,(H2,28,32)(H,29,30,31,33). The van der Waals surface area contributed by atoms with Gasteiger partial charge in [0.2, 0.25) is 0 Å². The van der Waals surface area contributed by atoms with Crippen molar-refractivity contribution in [1.29, 1.82) is 0 Å². The maximum atomic E-state index is 12.0. The average Bonchev–Trinajstić information content (AvgIpc) is 3.25. The monoisotopic (exact) mass is 500 g/mol. The molecule has 3 N–H and O–H groups in total. The smallest absolute Gasteiger partial charge is 0.250 e. The number of halogens is 1. The highest BCUT2D eigenvalue weighted by molar-refractivity contribution is 6.30. The Kier molecular flexibility index (Phi) is 6.39. The van der Waals surface area contributed by atoms with E-state index in [2.05, 4.69) is 25.4 Å². The van der Waals surface area contributed by atoms with Crippen LogP contribution in [0.5, 0.6) is 0 Å². The molecule has 5 rings (SSSR count). The number of nitrogens with two attached hydrogens (primary N) is 1. The van der Waals surface area contributed by atoms with Gasteiger partial charge in [0.15, 0.2) is 5.65 Å². The highest BCUT2D eigenvalue weighted by Crippen LogP contribution is 2.21. The lowest BCUT2D eigenvalue weighted by Crippen LogP contribution is -2.18. The van der Waals surface area contributed by atoms with Gasteiger partial charge in [-0.3, -0.25) is 9.48 Å². The zero-order valence-corrected chi connectivity index (χ0v) is 20.7. The lowest BCUT2D eigenvalue weighted by molar-refractivity contribution is 0.692. The number of fused-ring (bicyclic) bond motifs is 1. The molecule has 9 nitrogen and oxygen atoms in total. The van der Waals surface area contributed by atoms with Gasteiger partial charge in [0, 0.05) is 30.7 Å². The van der Waals surface area contributed by atoms with Crippen LogP contribution in [-0.4, -0.2) is 29.3 Å². The lowest BCUT2D eigenvalue weighted by Gasteiger charge is -2.12. The number of nitrogens with one attached hydrogen (secondary N) is 1. The zero-order valence-electron chi connectivity index (χ0n) is 19.9. The molecule has 0 aliphatic rings. The van der Waals surface area contributed by atoms with Crippen LogP contribution in [0.4, 0.5) is 11.6 Å². The second-order valence-electron chi connectivity index (χ2n) is 8.70. The number of pyridine rings is 2. The molecule has 36 heavy (non-hydrogen) atoms. The molecule has 4 aromatic heterocycles. The molecule has 0 unspecified atom stereocenters. The van der Waals surface area contributed by atoms with Crippen molar-refractivity contribution in [2.24, 2.45) is 0 Å². The van der Waals surface area contributed by atoms with Gasteiger partial charge in [0.05, 0.1) is 23.5 Å². The van der Waals surface area contributed by atoms with Crippen molar-refractivity contribution in [2.45, 2.75) is 33.5 Å². The summed E-state index contributed by atoms with van der Waals surface area (Å²) in [6, 6.07) is 13.0. The van der Waals surface area contributed by atoms with Crippen LogP contribution >= 0.6 is 11.6 Å². The first-order chi connectivity index (χ1) is 17.4. The third-order valence-corrected chi connectivity index (χ3v) is 6.26. The van der Waals surface area contributed by atoms with Crippen molar-refractivity contribution in [3.05, 3.63) is 105 Å². The van der Waals surface area contributed by atoms with E-state index in [1.54, 1.807) is 16.8 Å². The van der Waals surface area contributed by atoms with Gasteiger partial charge in [-0.25, -0.2) is 15.0 Å². The first kappa shape index (κ1) is 23.5. The molecule has 4 heterocycles. The van der Waals surface area contributed by atoms with Crippen LogP contribution in [0.3, 0.4) is 0 Å². The summed E-state index contributed by atoms with van der Waals surface area (Å²) in [6.07, 6.45) is 5.10. The van der Waals surface area contributed by atoms with Gasteiger partial charge in [-0.15, -0.1) is 0 Å². The molecule has 0 fully saturated rings. The second kappa shape index (κ2) is 9.79. The van der Waals surface area contributed by atoms with Gasteiger partial charge in [-0.05, 0) is 48.2 Å². The predicted molar refractivity (Wildman–Crippen MR) is 141 cm³/mol. The van der Waals surface area contributed by atoms with Gasteiger partial charge in [0.1, 0.15) is 18.0 Å². The quantitative estimate of drug-likeness (QED) is 0.347. The summed E-state index contributed by atoms with van der Waals surface area (Å²) in [4.78, 5) is 25.2. The molecule has 0 radical (unpaired) electrons. The van der Waals surface area contributed by atoms with Gasteiger partial charge in [0.25, 0.3) is 5.56 Å². The number of aromatic nitrogens is 6. The van der Waals surface area contributed by atoms with Crippen molar-refractivity contribution in [2.75, 3.05) is 11.1 Å². The van der Waals surface area contributed by atoms with Crippen LogP contribution in [0.25, 0.3) is 11.0 Å². The molecule has 0 spiro atoms. The van der Waals surface area contributed by atoms with Gasteiger partial charge < -0.3 is 15.6 Å². The largest absolute Gasteiger partial charge is 0.384 e. The minimum absolute atomic E-state index is 0.0878. The summed E-state index contributed by atoms with van der Waals surface area (Å²) >= 11 is 6.02. The molecule has 0 amide bonds. The zero-order chi connectivity index (χ0) is 25.2. The number of benzene rings is 1. The number of anilines is 2. The molecule has 5 aromatic rings. The maximum Gasteiger partial charge on any atom is 0.250 e. The molecular weight excluding hydrogens is 476 g/mol. The summed E-state index contributed by atoms with van der Waals surface area (Å²) in [5.41, 5.74) is 11.5. The van der Waals surface area contributed by atoms with E-state index in [0.717, 1.165) is 33.3 Å². The van der Waals surface area contributed by atoms with E-state index in [1.165, 1.54) is 12.4 Å². The predicted octanol–water partition coefficient (Wildman–Crippen LogP) is 3.94. The van der Waals surface area contributed by atoms with Crippen LogP contribution in [0.2, 0.25) is 5.02 Å². The molecule has 10 heteroatoms. The van der Waals surface area contributed by atoms with E-state index >= 15 is 0 Å². The van der Waals surface area contributed by atoms with E-state index < -0.39 is 0 Å². The van der Waals surface area contributed by atoms with Gasteiger partial charge in [-0.1, -0.05) is 35.9 Å². The topological polar surface area (TPSA) is 117 Å². The van der Waals surface area contributed by atoms with Crippen LogP contribution in [0.15, 0.2) is 66.0 Å². The molecule has 1 aromatic carbocycles. The van der Waals surface area contributed by atoms with Crippen molar-refractivity contribution >= 4 is 34.3 Å². The molecule has 182 valence electrons. The van der Waals surface area contributed by atoms with Crippen molar-refractivity contribution in [1.82, 2.24) is 29.3 Å². The van der Waals surface area contributed by atoms with Gasteiger partial charge in [-0.2, -0.15) is 5.10 Å². The molecule has 0 saturated heterocycles. The fourth-order valence-corrected chi connectivity index (χ4v) is 4.37. The van der Waals surface area contributed by atoms with Crippen LogP contribution in [0, 0.1) is 13.8 Å². The van der Waals surface area contributed by atoms with Crippen molar-refractivity contribution < 1.29 is 0 Å². The highest BCUT2D eigenvalue weighted by atomic mass is 35.5. The lowest BCUT2D eigenvalue weighted by atomic mass is 10.1. The Morgan fingerprint density at radius 1 is 1.00 bits per heavy atom. The Hall–Kier alpha value is -4.24. The molecule has 0 bridgehead atoms. The minimum atomic E-state index is -0.0878. The summed E-state index contributed by atoms with van der Waals surface area (Å²) in [6.45, 7) is 5.58. The number of aryl methyl sites for hydroxylation is 2. The molecular formula is C26H25ClN8O. The fourth-order valence-electron chi connectivity index (χ4n) is 4.19. The Balaban J connectivity index is 1.31. The highest BCUT2D eigenvalue weighted by Gasteiger charge is 2.11. The van der Waals surface area contributed by atoms with E-state index in [1.807, 2.05) is 55.1 Å². The Bertz CT molecular complexity index is 1580. The van der Waals surface area contributed by atoms with E-state index in [4.69, 9.17) is 17.3 Å². The first-order valence-corrected chi connectivity index (χ1v) is 11.8. The summed E-state index contributed by atoms with van der Waals surface area (Å²) in [5.74, 6) is 1.23. The summed E-state index contributed by atoms with van der Waals surface area (Å²) in [5, 5.41) is 9.39. The van der Waals surface area contributed by atoms with Crippen molar-refractivity contribution in [3.8, 4) is 0 Å². The normalized spacial score (nSPS) is 11.2. The van der Waals surface area contributed by atoms with Gasteiger partial charge >= 0.3 is 0 Å². The van der Waals surface area contributed by atoms with E-state index in [0.29, 0.717) is 41.9 Å². The summed E-state index contributed by atoms with van der Waals surface area (Å²) in [7, 11) is 0. The number of nitrogens with zero attached hydrogens (tertiary/aromatic N) is 6. The Labute approximate surface area is 212 Å². The number of rotatable bonds is 7. The maximum absolute atomic E-state index is 12.0. The van der Waals surface area contributed by atoms with Crippen LogP contribution in [0.1, 0.15) is 27.9 Å². The Morgan fingerprint density at radius 2 is 1.75 bits per heavy atom. The molecule has 0 saturated carbocycles. The molecule has 0 aliphatic carbocycles. The third-order valence-electron chi connectivity index (χ3n) is 6.04. The number of nitrogen functional groups attached to an aromatic ring is 1. The van der Waals surface area contributed by atoms with Crippen LogP contribution in [-0.2, 0) is 19.6 Å². The average molecular weight is 501 g/mol. The second-order valence-corrected chi connectivity index (χ2v) is 9.13. The van der Waals surface area contributed by atoms with Crippen molar-refractivity contribution in [3.63, 3.8) is 0 Å². The Morgan fingerprint density at radius 3 is 2.50 bits per heavy atom.